The first kappa shape index (κ1) is 17.8. The second kappa shape index (κ2) is 8.37. The summed E-state index contributed by atoms with van der Waals surface area (Å²) in [5, 5.41) is 9.13. The van der Waals surface area contributed by atoms with Crippen molar-refractivity contribution in [2.24, 2.45) is 0 Å². The molecule has 1 N–H and O–H groups in total. The third kappa shape index (κ3) is 5.00. The number of aliphatic carboxylic acids is 1. The van der Waals surface area contributed by atoms with Crippen molar-refractivity contribution in [2.75, 3.05) is 6.61 Å². The summed E-state index contributed by atoms with van der Waals surface area (Å²) in [6.07, 6.45) is 1.75. The topological polar surface area (TPSA) is 46.5 Å². The molecule has 0 bridgehead atoms. The maximum Gasteiger partial charge on any atom is 0.341 e. The summed E-state index contributed by atoms with van der Waals surface area (Å²) < 4.78 is 19.2. The summed E-state index contributed by atoms with van der Waals surface area (Å²) in [7, 11) is 0. The third-order valence-corrected chi connectivity index (χ3v) is 3.43. The quantitative estimate of drug-likeness (QED) is 0.821. The van der Waals surface area contributed by atoms with Crippen LogP contribution in [0.15, 0.2) is 36.4 Å². The summed E-state index contributed by atoms with van der Waals surface area (Å²) in [4.78, 5) is 10.6. The number of hydrogen-bond acceptors (Lipinski definition) is 2. The minimum atomic E-state index is -1.10. The van der Waals surface area contributed by atoms with Gasteiger partial charge in [-0.2, -0.15) is 0 Å². The molecule has 2 rings (SSSR count). The zero-order valence-electron chi connectivity index (χ0n) is 13.1. The van der Waals surface area contributed by atoms with Gasteiger partial charge in [-0.1, -0.05) is 42.9 Å². The first-order chi connectivity index (χ1) is 11.5. The molecule has 0 aliphatic carbocycles. The molecule has 0 aliphatic heterocycles. The normalized spacial score (nSPS) is 9.96. The smallest absolute Gasteiger partial charge is 0.341 e. The molecule has 2 aromatic rings. The minimum absolute atomic E-state index is 0.263. The van der Waals surface area contributed by atoms with Crippen LogP contribution in [-0.4, -0.2) is 17.7 Å². The van der Waals surface area contributed by atoms with Crippen LogP contribution in [0.4, 0.5) is 4.39 Å². The van der Waals surface area contributed by atoms with E-state index in [1.807, 2.05) is 13.0 Å². The number of rotatable bonds is 5. The van der Waals surface area contributed by atoms with Crippen molar-refractivity contribution in [3.05, 3.63) is 63.9 Å². The number of aryl methyl sites for hydroxylation is 1. The number of halogens is 2. The van der Waals surface area contributed by atoms with E-state index in [1.54, 1.807) is 18.2 Å². The van der Waals surface area contributed by atoms with E-state index in [9.17, 15) is 9.18 Å². The van der Waals surface area contributed by atoms with E-state index in [2.05, 4.69) is 11.8 Å². The van der Waals surface area contributed by atoms with Gasteiger partial charge in [0.1, 0.15) is 11.6 Å². The Balaban J connectivity index is 2.29. The van der Waals surface area contributed by atoms with Crippen molar-refractivity contribution in [2.45, 2.75) is 19.8 Å². The van der Waals surface area contributed by atoms with Gasteiger partial charge in [0.25, 0.3) is 0 Å². The lowest BCUT2D eigenvalue weighted by Crippen LogP contribution is -2.10. The van der Waals surface area contributed by atoms with Gasteiger partial charge in [0.05, 0.1) is 11.1 Å². The van der Waals surface area contributed by atoms with Crippen LogP contribution in [-0.2, 0) is 11.2 Å². The van der Waals surface area contributed by atoms with Crippen molar-refractivity contribution >= 4 is 17.6 Å². The molecule has 24 heavy (non-hydrogen) atoms. The van der Waals surface area contributed by atoms with E-state index >= 15 is 0 Å². The monoisotopic (exact) mass is 346 g/mol. The molecule has 0 saturated carbocycles. The molecule has 0 aromatic heterocycles. The first-order valence-corrected chi connectivity index (χ1v) is 7.82. The molecule has 3 nitrogen and oxygen atoms in total. The average Bonchev–Trinajstić information content (AvgIpc) is 2.53. The van der Waals surface area contributed by atoms with Crippen molar-refractivity contribution in [1.82, 2.24) is 0 Å². The van der Waals surface area contributed by atoms with Crippen LogP contribution in [0.1, 0.15) is 30.0 Å². The van der Waals surface area contributed by atoms with Crippen molar-refractivity contribution in [3.8, 4) is 17.6 Å². The van der Waals surface area contributed by atoms with Gasteiger partial charge in [-0.3, -0.25) is 0 Å². The van der Waals surface area contributed by atoms with Crippen LogP contribution in [0.2, 0.25) is 5.02 Å². The standard InChI is InChI=1S/C19H16ClFO3/c1-2-3-13-4-5-14(17(21)10-13)6-7-15-11-16(20)8-9-18(15)24-12-19(22)23/h4-5,8-11H,2-3,12H2,1H3,(H,22,23). The van der Waals surface area contributed by atoms with Crippen LogP contribution >= 0.6 is 11.6 Å². The van der Waals surface area contributed by atoms with Crippen LogP contribution in [0, 0.1) is 17.7 Å². The Morgan fingerprint density at radius 1 is 1.21 bits per heavy atom. The van der Waals surface area contributed by atoms with Crippen molar-refractivity contribution in [3.63, 3.8) is 0 Å². The van der Waals surface area contributed by atoms with E-state index < -0.39 is 12.6 Å². The summed E-state index contributed by atoms with van der Waals surface area (Å²) in [6, 6.07) is 9.62. The molecule has 124 valence electrons. The Labute approximate surface area is 145 Å². The Hall–Kier alpha value is -2.51. The third-order valence-electron chi connectivity index (χ3n) is 3.20. The zero-order chi connectivity index (χ0) is 17.5. The molecule has 0 fully saturated rings. The minimum Gasteiger partial charge on any atom is -0.481 e. The summed E-state index contributed by atoms with van der Waals surface area (Å²) >= 11 is 5.93. The average molecular weight is 347 g/mol. The predicted molar refractivity (Wildman–Crippen MR) is 91.0 cm³/mol. The molecule has 0 unspecified atom stereocenters. The lowest BCUT2D eigenvalue weighted by Gasteiger charge is -2.06. The van der Waals surface area contributed by atoms with E-state index in [1.165, 1.54) is 12.1 Å². The van der Waals surface area contributed by atoms with Crippen LogP contribution in [0.5, 0.6) is 5.75 Å². The number of ether oxygens (including phenoxy) is 1. The van der Waals surface area contributed by atoms with E-state index in [0.29, 0.717) is 10.6 Å². The van der Waals surface area contributed by atoms with Crippen molar-refractivity contribution in [1.29, 1.82) is 0 Å². The number of hydrogen-bond donors (Lipinski definition) is 1. The highest BCUT2D eigenvalue weighted by Crippen LogP contribution is 2.22. The number of benzene rings is 2. The van der Waals surface area contributed by atoms with Gasteiger partial charge in [-0.15, -0.1) is 0 Å². The summed E-state index contributed by atoms with van der Waals surface area (Å²) in [5.41, 5.74) is 1.59. The second-order valence-corrected chi connectivity index (χ2v) is 5.57. The van der Waals surface area contributed by atoms with Crippen LogP contribution in [0.3, 0.4) is 0 Å². The molecule has 0 aliphatic rings. The zero-order valence-corrected chi connectivity index (χ0v) is 13.9. The highest BCUT2D eigenvalue weighted by Gasteiger charge is 2.06. The number of carboxylic acid groups (broad SMARTS) is 1. The lowest BCUT2D eigenvalue weighted by molar-refractivity contribution is -0.139. The number of carboxylic acids is 1. The van der Waals surface area contributed by atoms with Gasteiger partial charge in [0.15, 0.2) is 6.61 Å². The number of carbonyl (C=O) groups is 1. The van der Waals surface area contributed by atoms with E-state index in [-0.39, 0.29) is 17.1 Å². The molecule has 2 aromatic carbocycles. The van der Waals surface area contributed by atoms with E-state index in [4.69, 9.17) is 21.4 Å². The Morgan fingerprint density at radius 3 is 2.62 bits per heavy atom. The Kier molecular flexibility index (Phi) is 6.22. The predicted octanol–water partition coefficient (Wildman–Crippen LogP) is 4.29. The SMILES string of the molecule is CCCc1ccc(C#Cc2cc(Cl)ccc2OCC(=O)O)c(F)c1. The molecule has 0 radical (unpaired) electrons. The van der Waals surface area contributed by atoms with Gasteiger partial charge in [-0.05, 0) is 42.3 Å². The maximum absolute atomic E-state index is 14.1. The van der Waals surface area contributed by atoms with Gasteiger partial charge in [0.2, 0.25) is 0 Å². The largest absolute Gasteiger partial charge is 0.481 e. The summed E-state index contributed by atoms with van der Waals surface area (Å²) in [6.45, 7) is 1.54. The fraction of sp³-hybridized carbons (Fsp3) is 0.211. The van der Waals surface area contributed by atoms with E-state index in [0.717, 1.165) is 18.4 Å². The fourth-order valence-electron chi connectivity index (χ4n) is 2.10. The van der Waals surface area contributed by atoms with Crippen LogP contribution < -0.4 is 4.74 Å². The molecule has 0 atom stereocenters. The van der Waals surface area contributed by atoms with Gasteiger partial charge < -0.3 is 9.84 Å². The molecule has 0 heterocycles. The van der Waals surface area contributed by atoms with Crippen molar-refractivity contribution < 1.29 is 19.0 Å². The Morgan fingerprint density at radius 2 is 1.96 bits per heavy atom. The Bertz CT molecular complexity index is 806. The molecule has 0 amide bonds. The van der Waals surface area contributed by atoms with Gasteiger partial charge in [-0.25, -0.2) is 9.18 Å². The fourth-order valence-corrected chi connectivity index (χ4v) is 2.28. The highest BCUT2D eigenvalue weighted by atomic mass is 35.5. The molecule has 0 saturated heterocycles. The first-order valence-electron chi connectivity index (χ1n) is 7.44. The van der Waals surface area contributed by atoms with Gasteiger partial charge >= 0.3 is 5.97 Å². The van der Waals surface area contributed by atoms with Gasteiger partial charge in [0, 0.05) is 5.02 Å². The lowest BCUT2D eigenvalue weighted by atomic mass is 10.1. The molecular formula is C19H16ClFO3. The highest BCUT2D eigenvalue weighted by molar-refractivity contribution is 6.30. The summed E-state index contributed by atoms with van der Waals surface area (Å²) in [5.74, 6) is 4.34. The molecule has 5 heteroatoms. The second-order valence-electron chi connectivity index (χ2n) is 5.14. The van der Waals surface area contributed by atoms with Crippen LogP contribution in [0.25, 0.3) is 0 Å². The molecular weight excluding hydrogens is 331 g/mol. The maximum atomic E-state index is 14.1. The molecule has 0 spiro atoms.